The smallest absolute Gasteiger partial charge is 0.189 e. The molecule has 4 heteroatoms. The van der Waals surface area contributed by atoms with Gasteiger partial charge in [-0.25, -0.2) is 0 Å². The topological polar surface area (TPSA) is 59.6 Å². The molecule has 1 aliphatic heterocycles. The molecule has 1 unspecified atom stereocenters. The Labute approximate surface area is 126 Å². The summed E-state index contributed by atoms with van der Waals surface area (Å²) >= 11 is 0. The van der Waals surface area contributed by atoms with Crippen LogP contribution in [-0.2, 0) is 0 Å². The molecule has 2 aliphatic rings. The SMILES string of the molecule is NC(=NCCC1CCCC1)NC1CCOc2ccccc21. The molecule has 1 fully saturated rings. The number of fused-ring (bicyclic) bond motifs is 1. The van der Waals surface area contributed by atoms with E-state index in [1.165, 1.54) is 37.7 Å². The van der Waals surface area contributed by atoms with Crippen molar-refractivity contribution in [1.29, 1.82) is 0 Å². The Morgan fingerprint density at radius 2 is 2.05 bits per heavy atom. The molecule has 1 saturated carbocycles. The summed E-state index contributed by atoms with van der Waals surface area (Å²) in [6.45, 7) is 1.57. The fourth-order valence-electron chi connectivity index (χ4n) is 3.38. The van der Waals surface area contributed by atoms with Gasteiger partial charge >= 0.3 is 0 Å². The fraction of sp³-hybridized carbons (Fsp3) is 0.588. The molecule has 0 amide bonds. The van der Waals surface area contributed by atoms with Gasteiger partial charge in [0, 0.05) is 18.5 Å². The molecule has 114 valence electrons. The van der Waals surface area contributed by atoms with E-state index in [1.54, 1.807) is 0 Å². The quantitative estimate of drug-likeness (QED) is 0.661. The van der Waals surface area contributed by atoms with Crippen LogP contribution in [0.1, 0.15) is 50.1 Å². The van der Waals surface area contributed by atoms with Gasteiger partial charge in [-0.1, -0.05) is 43.9 Å². The van der Waals surface area contributed by atoms with E-state index in [4.69, 9.17) is 10.5 Å². The largest absolute Gasteiger partial charge is 0.493 e. The monoisotopic (exact) mass is 287 g/mol. The van der Waals surface area contributed by atoms with E-state index in [-0.39, 0.29) is 6.04 Å². The molecule has 0 radical (unpaired) electrons. The van der Waals surface area contributed by atoms with Crippen LogP contribution in [0, 0.1) is 5.92 Å². The van der Waals surface area contributed by atoms with Crippen molar-refractivity contribution < 1.29 is 4.74 Å². The maximum atomic E-state index is 6.04. The Bertz CT molecular complexity index is 495. The number of ether oxygens (including phenoxy) is 1. The van der Waals surface area contributed by atoms with E-state index in [1.807, 2.05) is 18.2 Å². The van der Waals surface area contributed by atoms with E-state index in [0.717, 1.165) is 31.2 Å². The Morgan fingerprint density at radius 1 is 1.24 bits per heavy atom. The first-order chi connectivity index (χ1) is 10.3. The summed E-state index contributed by atoms with van der Waals surface area (Å²) in [7, 11) is 0. The highest BCUT2D eigenvalue weighted by Crippen LogP contribution is 2.31. The van der Waals surface area contributed by atoms with Gasteiger partial charge < -0.3 is 15.8 Å². The molecule has 0 spiro atoms. The second kappa shape index (κ2) is 6.83. The van der Waals surface area contributed by atoms with E-state index >= 15 is 0 Å². The molecule has 1 heterocycles. The Kier molecular flexibility index (Phi) is 4.63. The third-order valence-corrected chi connectivity index (χ3v) is 4.57. The molecule has 0 saturated heterocycles. The highest BCUT2D eigenvalue weighted by Gasteiger charge is 2.21. The van der Waals surface area contributed by atoms with Crippen LogP contribution in [0.2, 0.25) is 0 Å². The summed E-state index contributed by atoms with van der Waals surface area (Å²) in [6.07, 6.45) is 7.62. The number of nitrogens with two attached hydrogens (primary N) is 1. The van der Waals surface area contributed by atoms with Gasteiger partial charge in [0.2, 0.25) is 0 Å². The van der Waals surface area contributed by atoms with Gasteiger partial charge in [0.25, 0.3) is 0 Å². The summed E-state index contributed by atoms with van der Waals surface area (Å²) in [5, 5.41) is 3.35. The first-order valence-electron chi connectivity index (χ1n) is 8.11. The summed E-state index contributed by atoms with van der Waals surface area (Å²) in [4.78, 5) is 4.50. The minimum absolute atomic E-state index is 0.213. The minimum Gasteiger partial charge on any atom is -0.493 e. The van der Waals surface area contributed by atoms with Crippen LogP contribution in [0.3, 0.4) is 0 Å². The molecular weight excluding hydrogens is 262 g/mol. The van der Waals surface area contributed by atoms with Gasteiger partial charge in [0.15, 0.2) is 5.96 Å². The number of nitrogens with one attached hydrogen (secondary N) is 1. The first kappa shape index (κ1) is 14.2. The van der Waals surface area contributed by atoms with E-state index in [2.05, 4.69) is 16.4 Å². The third kappa shape index (κ3) is 3.69. The highest BCUT2D eigenvalue weighted by molar-refractivity contribution is 5.78. The van der Waals surface area contributed by atoms with Gasteiger partial charge in [-0.05, 0) is 18.4 Å². The number of para-hydroxylation sites is 1. The Hall–Kier alpha value is -1.71. The number of hydrogen-bond acceptors (Lipinski definition) is 2. The zero-order valence-corrected chi connectivity index (χ0v) is 12.6. The van der Waals surface area contributed by atoms with Crippen molar-refractivity contribution in [3.05, 3.63) is 29.8 Å². The van der Waals surface area contributed by atoms with E-state index in [9.17, 15) is 0 Å². The van der Waals surface area contributed by atoms with Crippen molar-refractivity contribution in [2.45, 2.75) is 44.6 Å². The van der Waals surface area contributed by atoms with Gasteiger partial charge in [0.05, 0.1) is 12.6 Å². The lowest BCUT2D eigenvalue weighted by Crippen LogP contribution is -2.37. The fourth-order valence-corrected chi connectivity index (χ4v) is 3.38. The van der Waals surface area contributed by atoms with Crippen molar-refractivity contribution in [2.75, 3.05) is 13.2 Å². The number of hydrogen-bond donors (Lipinski definition) is 2. The normalized spacial score (nSPS) is 22.7. The average Bonchev–Trinajstić information content (AvgIpc) is 3.01. The van der Waals surface area contributed by atoms with E-state index < -0.39 is 0 Å². The number of aliphatic imine (C=N–C) groups is 1. The first-order valence-corrected chi connectivity index (χ1v) is 8.11. The molecule has 3 rings (SSSR count). The van der Waals surface area contributed by atoms with E-state index in [0.29, 0.717) is 5.96 Å². The van der Waals surface area contributed by atoms with Gasteiger partial charge in [-0.2, -0.15) is 0 Å². The number of guanidine groups is 1. The summed E-state index contributed by atoms with van der Waals surface area (Å²) < 4.78 is 5.66. The maximum Gasteiger partial charge on any atom is 0.189 e. The van der Waals surface area contributed by atoms with Crippen molar-refractivity contribution in [3.8, 4) is 5.75 Å². The van der Waals surface area contributed by atoms with Crippen LogP contribution in [0.25, 0.3) is 0 Å². The predicted octanol–water partition coefficient (Wildman–Crippen LogP) is 2.99. The average molecular weight is 287 g/mol. The number of rotatable bonds is 4. The van der Waals surface area contributed by atoms with Crippen LogP contribution in [0.5, 0.6) is 5.75 Å². The van der Waals surface area contributed by atoms with Crippen molar-refractivity contribution >= 4 is 5.96 Å². The molecule has 1 aliphatic carbocycles. The van der Waals surface area contributed by atoms with Gasteiger partial charge in [0.1, 0.15) is 5.75 Å². The summed E-state index contributed by atoms with van der Waals surface area (Å²) in [5.41, 5.74) is 7.22. The lowest BCUT2D eigenvalue weighted by atomic mass is 10.0. The van der Waals surface area contributed by atoms with Crippen LogP contribution in [0.15, 0.2) is 29.3 Å². The standard InChI is InChI=1S/C17H25N3O/c18-17(19-11-9-13-5-1-2-6-13)20-15-10-12-21-16-8-4-3-7-14(15)16/h3-4,7-8,13,15H,1-2,5-6,9-12H2,(H3,18,19,20). The zero-order chi connectivity index (χ0) is 14.5. The molecule has 1 aromatic carbocycles. The van der Waals surface area contributed by atoms with Gasteiger partial charge in [-0.15, -0.1) is 0 Å². The number of benzene rings is 1. The molecule has 0 aromatic heterocycles. The summed E-state index contributed by atoms with van der Waals surface area (Å²) in [6, 6.07) is 8.36. The van der Waals surface area contributed by atoms with Crippen LogP contribution >= 0.6 is 0 Å². The van der Waals surface area contributed by atoms with Crippen molar-refractivity contribution in [1.82, 2.24) is 5.32 Å². The zero-order valence-electron chi connectivity index (χ0n) is 12.6. The Morgan fingerprint density at radius 3 is 2.90 bits per heavy atom. The van der Waals surface area contributed by atoms with Crippen molar-refractivity contribution in [2.24, 2.45) is 16.6 Å². The molecule has 21 heavy (non-hydrogen) atoms. The molecular formula is C17H25N3O. The number of nitrogens with zero attached hydrogens (tertiary/aromatic N) is 1. The lowest BCUT2D eigenvalue weighted by Gasteiger charge is -2.27. The second-order valence-corrected chi connectivity index (χ2v) is 6.08. The predicted molar refractivity (Wildman–Crippen MR) is 85.5 cm³/mol. The van der Waals surface area contributed by atoms with Crippen molar-refractivity contribution in [3.63, 3.8) is 0 Å². The molecule has 4 nitrogen and oxygen atoms in total. The van der Waals surface area contributed by atoms with Crippen LogP contribution in [0.4, 0.5) is 0 Å². The minimum atomic E-state index is 0.213. The van der Waals surface area contributed by atoms with Crippen LogP contribution < -0.4 is 15.8 Å². The Balaban J connectivity index is 1.53. The lowest BCUT2D eigenvalue weighted by molar-refractivity contribution is 0.262. The van der Waals surface area contributed by atoms with Gasteiger partial charge in [-0.3, -0.25) is 4.99 Å². The maximum absolute atomic E-state index is 6.04. The third-order valence-electron chi connectivity index (χ3n) is 4.57. The molecule has 1 aromatic rings. The molecule has 1 atom stereocenters. The molecule has 0 bridgehead atoms. The summed E-state index contributed by atoms with van der Waals surface area (Å²) in [5.74, 6) is 2.39. The second-order valence-electron chi connectivity index (χ2n) is 6.08. The highest BCUT2D eigenvalue weighted by atomic mass is 16.5. The van der Waals surface area contributed by atoms with Crippen LogP contribution in [-0.4, -0.2) is 19.1 Å². The molecule has 3 N–H and O–H groups in total.